The average Bonchev–Trinajstić information content (AvgIpc) is 2.79. The molecule has 0 fully saturated rings. The van der Waals surface area contributed by atoms with Crippen LogP contribution >= 0.6 is 0 Å². The van der Waals surface area contributed by atoms with Crippen molar-refractivity contribution in [3.8, 4) is 5.75 Å². The number of methoxy groups -OCH3 is 1. The molecule has 0 unspecified atom stereocenters. The van der Waals surface area contributed by atoms with Gasteiger partial charge in [0.25, 0.3) is 0 Å². The van der Waals surface area contributed by atoms with Crippen LogP contribution in [0.4, 0.5) is 0 Å². The smallest absolute Gasteiger partial charge is 0.323 e. The lowest BCUT2D eigenvalue weighted by molar-refractivity contribution is 0.103. The van der Waals surface area contributed by atoms with Crippen LogP contribution in [0.15, 0.2) is 29.1 Å². The number of imidazole rings is 1. The number of aromatic amines is 2. The maximum absolute atomic E-state index is 12.2. The van der Waals surface area contributed by atoms with Crippen LogP contribution < -0.4 is 10.4 Å². The molecule has 0 aliphatic rings. The van der Waals surface area contributed by atoms with Crippen molar-refractivity contribution < 1.29 is 9.53 Å². The van der Waals surface area contributed by atoms with Crippen molar-refractivity contribution in [2.75, 3.05) is 7.11 Å². The van der Waals surface area contributed by atoms with Gasteiger partial charge in [-0.3, -0.25) is 4.79 Å². The predicted molar refractivity (Wildman–Crippen MR) is 67.2 cm³/mol. The van der Waals surface area contributed by atoms with Gasteiger partial charge in [-0.2, -0.15) is 0 Å². The second-order valence-electron chi connectivity index (χ2n) is 3.84. The molecule has 1 aromatic carbocycles. The van der Waals surface area contributed by atoms with Crippen molar-refractivity contribution in [1.29, 1.82) is 0 Å². The van der Waals surface area contributed by atoms with E-state index in [0.29, 0.717) is 29.1 Å². The summed E-state index contributed by atoms with van der Waals surface area (Å²) in [6.45, 7) is 1.88. The highest BCUT2D eigenvalue weighted by Crippen LogP contribution is 2.15. The summed E-state index contributed by atoms with van der Waals surface area (Å²) in [6.07, 6.45) is 0.593. The predicted octanol–water partition coefficient (Wildman–Crippen LogP) is 1.50. The van der Waals surface area contributed by atoms with E-state index in [1.807, 2.05) is 6.92 Å². The van der Waals surface area contributed by atoms with Gasteiger partial charge in [0.2, 0.25) is 5.78 Å². The number of aryl methyl sites for hydroxylation is 1. The number of ether oxygens (including phenoxy) is 1. The monoisotopic (exact) mass is 246 g/mol. The fourth-order valence-electron chi connectivity index (χ4n) is 1.77. The summed E-state index contributed by atoms with van der Waals surface area (Å²) >= 11 is 0. The Kier molecular flexibility index (Phi) is 3.32. The van der Waals surface area contributed by atoms with E-state index in [1.165, 1.54) is 0 Å². The first-order valence-corrected chi connectivity index (χ1v) is 5.65. The van der Waals surface area contributed by atoms with Crippen LogP contribution in [0.5, 0.6) is 5.75 Å². The Hall–Kier alpha value is -2.30. The van der Waals surface area contributed by atoms with Crippen LogP contribution in [0.3, 0.4) is 0 Å². The summed E-state index contributed by atoms with van der Waals surface area (Å²) in [6, 6.07) is 6.77. The fourth-order valence-corrected chi connectivity index (χ4v) is 1.77. The van der Waals surface area contributed by atoms with Crippen LogP contribution in [0.1, 0.15) is 28.7 Å². The van der Waals surface area contributed by atoms with Crippen molar-refractivity contribution in [1.82, 2.24) is 9.97 Å². The van der Waals surface area contributed by atoms with E-state index in [0.717, 1.165) is 0 Å². The first-order chi connectivity index (χ1) is 8.65. The molecule has 1 heterocycles. The molecule has 1 aromatic heterocycles. The van der Waals surface area contributed by atoms with Crippen LogP contribution in [0.25, 0.3) is 0 Å². The highest BCUT2D eigenvalue weighted by atomic mass is 16.5. The number of carbonyl (C=O) groups excluding carboxylic acids is 1. The molecule has 2 rings (SSSR count). The second kappa shape index (κ2) is 4.91. The van der Waals surface area contributed by atoms with Crippen molar-refractivity contribution >= 4 is 5.78 Å². The van der Waals surface area contributed by atoms with Gasteiger partial charge in [-0.1, -0.05) is 6.92 Å². The molecule has 0 atom stereocenters. The van der Waals surface area contributed by atoms with Gasteiger partial charge in [0.1, 0.15) is 11.4 Å². The third-order valence-electron chi connectivity index (χ3n) is 2.74. The van der Waals surface area contributed by atoms with Crippen LogP contribution in [-0.4, -0.2) is 22.9 Å². The second-order valence-corrected chi connectivity index (χ2v) is 3.84. The lowest BCUT2D eigenvalue weighted by atomic mass is 10.1. The third kappa shape index (κ3) is 2.20. The van der Waals surface area contributed by atoms with E-state index >= 15 is 0 Å². The Balaban J connectivity index is 2.37. The minimum absolute atomic E-state index is 0.201. The SMILES string of the molecule is CCc1[nH]c(=O)[nH]c1C(=O)c1ccc(OC)cc1. The first kappa shape index (κ1) is 12.2. The molecule has 2 aromatic rings. The van der Waals surface area contributed by atoms with E-state index in [-0.39, 0.29) is 11.5 Å². The Labute approximate surface area is 104 Å². The molecule has 0 aliphatic heterocycles. The molecular weight excluding hydrogens is 232 g/mol. The number of nitrogens with one attached hydrogen (secondary N) is 2. The first-order valence-electron chi connectivity index (χ1n) is 5.65. The minimum Gasteiger partial charge on any atom is -0.497 e. The van der Waals surface area contributed by atoms with Gasteiger partial charge in [-0.25, -0.2) is 4.79 Å². The van der Waals surface area contributed by atoms with E-state index in [4.69, 9.17) is 4.74 Å². The van der Waals surface area contributed by atoms with Crippen LogP contribution in [0.2, 0.25) is 0 Å². The highest BCUT2D eigenvalue weighted by molar-refractivity contribution is 6.08. The zero-order valence-corrected chi connectivity index (χ0v) is 10.2. The number of hydrogen-bond donors (Lipinski definition) is 2. The molecule has 0 saturated heterocycles. The van der Waals surface area contributed by atoms with E-state index in [2.05, 4.69) is 9.97 Å². The maximum atomic E-state index is 12.2. The summed E-state index contributed by atoms with van der Waals surface area (Å²) in [7, 11) is 1.57. The Morgan fingerprint density at radius 3 is 2.44 bits per heavy atom. The topological polar surface area (TPSA) is 75.0 Å². The van der Waals surface area contributed by atoms with Gasteiger partial charge < -0.3 is 14.7 Å². The number of rotatable bonds is 4. The molecule has 0 spiro atoms. The molecule has 0 radical (unpaired) electrons. The van der Waals surface area contributed by atoms with Gasteiger partial charge in [-0.05, 0) is 30.7 Å². The van der Waals surface area contributed by atoms with E-state index in [9.17, 15) is 9.59 Å². The number of H-pyrrole nitrogens is 2. The standard InChI is InChI=1S/C13H14N2O3/c1-3-10-11(15-13(17)14-10)12(16)8-4-6-9(18-2)7-5-8/h4-7H,3H2,1-2H3,(H2,14,15,17). The summed E-state index contributed by atoms with van der Waals surface area (Å²) in [5.41, 5.74) is 1.11. The fraction of sp³-hybridized carbons (Fsp3) is 0.231. The van der Waals surface area contributed by atoms with Gasteiger partial charge in [0.15, 0.2) is 0 Å². The van der Waals surface area contributed by atoms with Gasteiger partial charge in [0, 0.05) is 11.3 Å². The van der Waals surface area contributed by atoms with Crippen molar-refractivity contribution in [3.05, 3.63) is 51.7 Å². The summed E-state index contributed by atoms with van der Waals surface area (Å²) in [5.74, 6) is 0.484. The molecule has 18 heavy (non-hydrogen) atoms. The molecular formula is C13H14N2O3. The molecule has 2 N–H and O–H groups in total. The largest absolute Gasteiger partial charge is 0.497 e. The quantitative estimate of drug-likeness (QED) is 0.803. The molecule has 0 saturated carbocycles. The van der Waals surface area contributed by atoms with E-state index in [1.54, 1.807) is 31.4 Å². The Bertz CT molecular complexity index is 608. The summed E-state index contributed by atoms with van der Waals surface area (Å²) < 4.78 is 5.03. The molecule has 94 valence electrons. The number of benzene rings is 1. The molecule has 5 nitrogen and oxygen atoms in total. The molecule has 5 heteroatoms. The van der Waals surface area contributed by atoms with E-state index < -0.39 is 0 Å². The molecule has 0 aliphatic carbocycles. The minimum atomic E-state index is -0.358. The van der Waals surface area contributed by atoms with Crippen molar-refractivity contribution in [2.24, 2.45) is 0 Å². The maximum Gasteiger partial charge on any atom is 0.323 e. The number of hydrogen-bond acceptors (Lipinski definition) is 3. The Morgan fingerprint density at radius 2 is 1.89 bits per heavy atom. The van der Waals surface area contributed by atoms with Gasteiger partial charge >= 0.3 is 5.69 Å². The van der Waals surface area contributed by atoms with Gasteiger partial charge in [0.05, 0.1) is 7.11 Å². The molecule has 0 bridgehead atoms. The summed E-state index contributed by atoms with van der Waals surface area (Å²) in [5, 5.41) is 0. The number of aromatic nitrogens is 2. The van der Waals surface area contributed by atoms with Crippen molar-refractivity contribution in [3.63, 3.8) is 0 Å². The summed E-state index contributed by atoms with van der Waals surface area (Å²) in [4.78, 5) is 28.6. The van der Waals surface area contributed by atoms with Gasteiger partial charge in [-0.15, -0.1) is 0 Å². The zero-order chi connectivity index (χ0) is 13.1. The number of ketones is 1. The molecule has 0 amide bonds. The van der Waals surface area contributed by atoms with Crippen molar-refractivity contribution in [2.45, 2.75) is 13.3 Å². The number of carbonyl (C=O) groups is 1. The lowest BCUT2D eigenvalue weighted by Gasteiger charge is -2.02. The third-order valence-corrected chi connectivity index (χ3v) is 2.74. The average molecular weight is 246 g/mol. The highest BCUT2D eigenvalue weighted by Gasteiger charge is 2.15. The Morgan fingerprint density at radius 1 is 1.22 bits per heavy atom. The van der Waals surface area contributed by atoms with Crippen LogP contribution in [0, 0.1) is 0 Å². The normalized spacial score (nSPS) is 10.3. The zero-order valence-electron chi connectivity index (χ0n) is 10.2. The lowest BCUT2D eigenvalue weighted by Crippen LogP contribution is -2.07. The van der Waals surface area contributed by atoms with Crippen LogP contribution in [-0.2, 0) is 6.42 Å².